The zero-order valence-corrected chi connectivity index (χ0v) is 14.8. The van der Waals surface area contributed by atoms with Crippen LogP contribution in [-0.2, 0) is 11.0 Å². The van der Waals surface area contributed by atoms with Gasteiger partial charge in [0.1, 0.15) is 5.54 Å². The van der Waals surface area contributed by atoms with E-state index < -0.39 is 16.5 Å². The molecule has 20 heavy (non-hydrogen) atoms. The first-order chi connectivity index (χ1) is 9.31. The molecule has 0 aliphatic carbocycles. The molecule has 0 spiro atoms. The van der Waals surface area contributed by atoms with Crippen LogP contribution in [0.15, 0.2) is 12.2 Å². The van der Waals surface area contributed by atoms with Gasteiger partial charge in [-0.25, -0.2) is 8.93 Å². The minimum atomic E-state index is -1.12. The minimum Gasteiger partial charge on any atom is -0.242 e. The van der Waals surface area contributed by atoms with Crippen LogP contribution in [0.5, 0.6) is 0 Å². The maximum absolute atomic E-state index is 12.4. The van der Waals surface area contributed by atoms with Crippen molar-refractivity contribution < 1.29 is 4.21 Å². The Morgan fingerprint density at radius 1 is 1.20 bits per heavy atom. The molecule has 2 nitrogen and oxygen atoms in total. The van der Waals surface area contributed by atoms with Gasteiger partial charge in [0, 0.05) is 6.42 Å². The Balaban J connectivity index is 5.29. The first kappa shape index (κ1) is 19.4. The topological polar surface area (TPSA) is 29.1 Å². The van der Waals surface area contributed by atoms with E-state index >= 15 is 0 Å². The molecule has 0 aliphatic heterocycles. The first-order valence-electron chi connectivity index (χ1n) is 7.65. The summed E-state index contributed by atoms with van der Waals surface area (Å²) in [6.45, 7) is 12.2. The molecule has 0 aromatic rings. The van der Waals surface area contributed by atoms with Gasteiger partial charge in [-0.2, -0.15) is 0 Å². The summed E-state index contributed by atoms with van der Waals surface area (Å²) in [5, 5.41) is 0. The molecule has 116 valence electrons. The summed E-state index contributed by atoms with van der Waals surface area (Å²) in [6, 6.07) is 0. The SMILES string of the molecule is C/C=C/[C@@](C#CCCC)(CCCC)N[S@](=O)C(C)(C)C. The Bertz CT molecular complexity index is 384. The highest BCUT2D eigenvalue weighted by atomic mass is 32.2. The van der Waals surface area contributed by atoms with E-state index in [1.165, 1.54) is 0 Å². The third kappa shape index (κ3) is 7.26. The lowest BCUT2D eigenvalue weighted by Crippen LogP contribution is -2.48. The minimum absolute atomic E-state index is 0.286. The number of rotatable bonds is 7. The molecule has 0 amide bonds. The van der Waals surface area contributed by atoms with Crippen LogP contribution >= 0.6 is 0 Å². The Labute approximate surface area is 128 Å². The van der Waals surface area contributed by atoms with Crippen molar-refractivity contribution in [1.82, 2.24) is 4.72 Å². The van der Waals surface area contributed by atoms with Crippen molar-refractivity contribution in [3.63, 3.8) is 0 Å². The van der Waals surface area contributed by atoms with Crippen LogP contribution in [0.3, 0.4) is 0 Å². The molecule has 0 radical (unpaired) electrons. The second kappa shape index (κ2) is 9.37. The van der Waals surface area contributed by atoms with Crippen LogP contribution in [0.4, 0.5) is 0 Å². The van der Waals surface area contributed by atoms with Gasteiger partial charge in [-0.3, -0.25) is 0 Å². The first-order valence-corrected chi connectivity index (χ1v) is 8.80. The fourth-order valence-electron chi connectivity index (χ4n) is 1.70. The van der Waals surface area contributed by atoms with Crippen molar-refractivity contribution >= 4 is 11.0 Å². The van der Waals surface area contributed by atoms with E-state index in [4.69, 9.17) is 0 Å². The highest BCUT2D eigenvalue weighted by Gasteiger charge is 2.30. The van der Waals surface area contributed by atoms with Crippen LogP contribution in [0.2, 0.25) is 0 Å². The molecule has 0 heterocycles. The molecule has 0 fully saturated rings. The number of nitrogens with one attached hydrogen (secondary N) is 1. The average molecular weight is 298 g/mol. The zero-order valence-electron chi connectivity index (χ0n) is 14.0. The highest BCUT2D eigenvalue weighted by Crippen LogP contribution is 2.20. The van der Waals surface area contributed by atoms with Gasteiger partial charge in [-0.15, -0.1) is 5.92 Å². The molecule has 2 atom stereocenters. The molecular formula is C17H31NOS. The van der Waals surface area contributed by atoms with Crippen LogP contribution in [0, 0.1) is 11.8 Å². The number of hydrogen-bond donors (Lipinski definition) is 1. The Kier molecular flexibility index (Phi) is 9.09. The van der Waals surface area contributed by atoms with Gasteiger partial charge >= 0.3 is 0 Å². The Morgan fingerprint density at radius 2 is 1.85 bits per heavy atom. The van der Waals surface area contributed by atoms with Crippen molar-refractivity contribution in [3.8, 4) is 11.8 Å². The average Bonchev–Trinajstić information content (AvgIpc) is 2.36. The second-order valence-corrected chi connectivity index (χ2v) is 8.08. The van der Waals surface area contributed by atoms with Gasteiger partial charge in [0.15, 0.2) is 0 Å². The maximum Gasteiger partial charge on any atom is 0.110 e. The molecule has 0 unspecified atom stereocenters. The lowest BCUT2D eigenvalue weighted by molar-refractivity contribution is 0.519. The van der Waals surface area contributed by atoms with Crippen molar-refractivity contribution in [1.29, 1.82) is 0 Å². The predicted molar refractivity (Wildman–Crippen MR) is 90.8 cm³/mol. The summed E-state index contributed by atoms with van der Waals surface area (Å²) >= 11 is 0. The molecule has 0 aromatic carbocycles. The molecule has 0 aromatic heterocycles. The molecule has 0 saturated carbocycles. The standard InChI is InChI=1S/C17H31NOS/c1-7-10-12-15-17(13-9-3,14-11-8-2)18-20(19)16(4,5)6/h9,13,18H,7-8,10-11,14H2,1-6H3/b13-9+/t17-,20+/m0/s1. The van der Waals surface area contributed by atoms with Gasteiger partial charge in [0.25, 0.3) is 0 Å². The molecule has 0 rings (SSSR count). The summed E-state index contributed by atoms with van der Waals surface area (Å²) < 4.78 is 15.4. The summed E-state index contributed by atoms with van der Waals surface area (Å²) in [5.41, 5.74) is -0.460. The van der Waals surface area contributed by atoms with E-state index in [2.05, 4.69) is 36.5 Å². The van der Waals surface area contributed by atoms with Gasteiger partial charge < -0.3 is 0 Å². The molecule has 3 heteroatoms. The normalized spacial score (nSPS) is 16.5. The molecule has 1 N–H and O–H groups in total. The van der Waals surface area contributed by atoms with Crippen LogP contribution < -0.4 is 4.72 Å². The van der Waals surface area contributed by atoms with E-state index in [0.29, 0.717) is 0 Å². The van der Waals surface area contributed by atoms with Gasteiger partial charge in [0.2, 0.25) is 0 Å². The quantitative estimate of drug-likeness (QED) is 0.549. The lowest BCUT2D eigenvalue weighted by atomic mass is 9.93. The van der Waals surface area contributed by atoms with E-state index in [9.17, 15) is 4.21 Å². The largest absolute Gasteiger partial charge is 0.242 e. The Morgan fingerprint density at radius 3 is 2.30 bits per heavy atom. The van der Waals surface area contributed by atoms with Gasteiger partial charge in [-0.1, -0.05) is 44.8 Å². The number of hydrogen-bond acceptors (Lipinski definition) is 1. The van der Waals surface area contributed by atoms with Crippen LogP contribution in [0.25, 0.3) is 0 Å². The van der Waals surface area contributed by atoms with Crippen molar-refractivity contribution in [2.75, 3.05) is 0 Å². The summed E-state index contributed by atoms with van der Waals surface area (Å²) in [4.78, 5) is 0. The van der Waals surface area contributed by atoms with Crippen LogP contribution in [-0.4, -0.2) is 14.5 Å². The van der Waals surface area contributed by atoms with E-state index in [-0.39, 0.29) is 4.75 Å². The monoisotopic (exact) mass is 297 g/mol. The van der Waals surface area contributed by atoms with Crippen molar-refractivity contribution in [2.45, 2.75) is 83.9 Å². The molecule has 0 aliphatic rings. The van der Waals surface area contributed by atoms with Crippen molar-refractivity contribution in [3.05, 3.63) is 12.2 Å². The smallest absolute Gasteiger partial charge is 0.110 e. The van der Waals surface area contributed by atoms with Gasteiger partial charge in [-0.05, 0) is 40.5 Å². The summed E-state index contributed by atoms with van der Waals surface area (Å²) in [5.74, 6) is 6.56. The fourth-order valence-corrected chi connectivity index (χ4v) is 2.56. The van der Waals surface area contributed by atoms with E-state index in [0.717, 1.165) is 32.1 Å². The van der Waals surface area contributed by atoms with Gasteiger partial charge in [0.05, 0.1) is 15.7 Å². The zero-order chi connectivity index (χ0) is 15.6. The summed E-state index contributed by atoms with van der Waals surface area (Å²) in [6.07, 6.45) is 9.08. The third-order valence-corrected chi connectivity index (χ3v) is 4.56. The third-order valence-electron chi connectivity index (χ3n) is 2.89. The molecular weight excluding hydrogens is 266 g/mol. The maximum atomic E-state index is 12.4. The van der Waals surface area contributed by atoms with E-state index in [1.807, 2.05) is 33.8 Å². The summed E-state index contributed by atoms with van der Waals surface area (Å²) in [7, 11) is -1.12. The highest BCUT2D eigenvalue weighted by molar-refractivity contribution is 7.84. The fraction of sp³-hybridized carbons (Fsp3) is 0.765. The second-order valence-electron chi connectivity index (χ2n) is 6.11. The molecule has 0 bridgehead atoms. The predicted octanol–water partition coefficient (Wildman–Crippen LogP) is 4.35. The lowest BCUT2D eigenvalue weighted by Gasteiger charge is -2.30. The van der Waals surface area contributed by atoms with E-state index in [1.54, 1.807) is 0 Å². The molecule has 0 saturated heterocycles. The van der Waals surface area contributed by atoms with Crippen LogP contribution in [0.1, 0.15) is 73.6 Å². The number of unbranched alkanes of at least 4 members (excludes halogenated alkanes) is 2. The Hall–Kier alpha value is -0.590. The number of allylic oxidation sites excluding steroid dienone is 1. The van der Waals surface area contributed by atoms with Crippen molar-refractivity contribution in [2.24, 2.45) is 0 Å².